The Morgan fingerprint density at radius 2 is 1.89 bits per heavy atom. The van der Waals surface area contributed by atoms with Crippen LogP contribution in [0, 0.1) is 0 Å². The highest BCUT2D eigenvalue weighted by atomic mass is 16.5. The molecule has 18 heavy (non-hydrogen) atoms. The van der Waals surface area contributed by atoms with Crippen molar-refractivity contribution in [2.75, 3.05) is 32.8 Å². The third kappa shape index (κ3) is 8.81. The molecule has 0 aliphatic carbocycles. The maximum absolute atomic E-state index is 11.6. The zero-order valence-corrected chi connectivity index (χ0v) is 11.3. The molecule has 6 heteroatoms. The molecular weight excluding hydrogens is 236 g/mol. The molecule has 106 valence electrons. The van der Waals surface area contributed by atoms with Gasteiger partial charge >= 0.3 is 12.0 Å². The van der Waals surface area contributed by atoms with Crippen molar-refractivity contribution in [3.05, 3.63) is 0 Å². The summed E-state index contributed by atoms with van der Waals surface area (Å²) in [6.45, 7) is 5.83. The summed E-state index contributed by atoms with van der Waals surface area (Å²) in [5, 5.41) is 11.3. The van der Waals surface area contributed by atoms with Gasteiger partial charge in [0.1, 0.15) is 6.54 Å². The molecule has 0 spiro atoms. The van der Waals surface area contributed by atoms with Gasteiger partial charge in [-0.1, -0.05) is 13.3 Å². The van der Waals surface area contributed by atoms with Gasteiger partial charge in [0.2, 0.25) is 0 Å². The number of urea groups is 1. The summed E-state index contributed by atoms with van der Waals surface area (Å²) in [7, 11) is 0. The summed E-state index contributed by atoms with van der Waals surface area (Å²) in [5.41, 5.74) is 0. The average molecular weight is 260 g/mol. The molecule has 0 saturated carbocycles. The maximum Gasteiger partial charge on any atom is 0.323 e. The standard InChI is InChI=1S/C12H24N2O4/c1-3-5-8-18-9-6-7-13-12(17)14(4-2)10-11(15)16/h3-10H2,1-2H3,(H,13,17)(H,15,16). The summed E-state index contributed by atoms with van der Waals surface area (Å²) in [5.74, 6) is -1.00. The number of carbonyl (C=O) groups is 2. The number of aliphatic carboxylic acids is 1. The molecule has 0 bridgehead atoms. The van der Waals surface area contributed by atoms with Crippen molar-refractivity contribution in [3.63, 3.8) is 0 Å². The molecule has 0 fully saturated rings. The number of nitrogens with one attached hydrogen (secondary N) is 1. The molecule has 0 aromatic rings. The van der Waals surface area contributed by atoms with Crippen LogP contribution in [0.15, 0.2) is 0 Å². The van der Waals surface area contributed by atoms with Crippen molar-refractivity contribution >= 4 is 12.0 Å². The molecule has 0 aliphatic heterocycles. The van der Waals surface area contributed by atoms with Crippen molar-refractivity contribution < 1.29 is 19.4 Å². The second-order valence-corrected chi connectivity index (χ2v) is 3.96. The summed E-state index contributed by atoms with van der Waals surface area (Å²) in [6.07, 6.45) is 2.89. The van der Waals surface area contributed by atoms with Gasteiger partial charge in [-0.05, 0) is 19.8 Å². The van der Waals surface area contributed by atoms with Crippen LogP contribution in [-0.4, -0.2) is 54.9 Å². The second-order valence-electron chi connectivity index (χ2n) is 3.96. The van der Waals surface area contributed by atoms with Crippen LogP contribution in [0.5, 0.6) is 0 Å². The minimum absolute atomic E-state index is 0.269. The van der Waals surface area contributed by atoms with Gasteiger partial charge in [0, 0.05) is 26.3 Å². The number of ether oxygens (including phenoxy) is 1. The molecule has 0 radical (unpaired) electrons. The highest BCUT2D eigenvalue weighted by Gasteiger charge is 2.13. The second kappa shape index (κ2) is 10.8. The number of hydrogen-bond donors (Lipinski definition) is 2. The van der Waals surface area contributed by atoms with Crippen LogP contribution >= 0.6 is 0 Å². The van der Waals surface area contributed by atoms with Gasteiger partial charge in [0.25, 0.3) is 0 Å². The van der Waals surface area contributed by atoms with Crippen LogP contribution in [0.4, 0.5) is 4.79 Å². The number of carboxylic acids is 1. The van der Waals surface area contributed by atoms with E-state index in [1.54, 1.807) is 6.92 Å². The van der Waals surface area contributed by atoms with Crippen molar-refractivity contribution in [2.45, 2.75) is 33.1 Å². The van der Waals surface area contributed by atoms with Crippen molar-refractivity contribution in [1.82, 2.24) is 10.2 Å². The molecule has 0 atom stereocenters. The molecule has 0 saturated heterocycles. The Bertz CT molecular complexity index is 246. The number of carboxylic acid groups (broad SMARTS) is 1. The van der Waals surface area contributed by atoms with Crippen molar-refractivity contribution in [1.29, 1.82) is 0 Å². The third-order valence-electron chi connectivity index (χ3n) is 2.38. The van der Waals surface area contributed by atoms with Crippen LogP contribution in [0.1, 0.15) is 33.1 Å². The van der Waals surface area contributed by atoms with Crippen molar-refractivity contribution in [3.8, 4) is 0 Å². The largest absolute Gasteiger partial charge is 0.480 e. The Morgan fingerprint density at radius 3 is 2.44 bits per heavy atom. The lowest BCUT2D eigenvalue weighted by atomic mass is 10.4. The predicted octanol–water partition coefficient (Wildman–Crippen LogP) is 1.31. The number of amides is 2. The lowest BCUT2D eigenvalue weighted by Gasteiger charge is -2.19. The Hall–Kier alpha value is -1.30. The predicted molar refractivity (Wildman–Crippen MR) is 68.6 cm³/mol. The van der Waals surface area contributed by atoms with Crippen LogP contribution in [-0.2, 0) is 9.53 Å². The third-order valence-corrected chi connectivity index (χ3v) is 2.38. The van der Waals surface area contributed by atoms with Crippen molar-refractivity contribution in [2.24, 2.45) is 0 Å². The molecule has 0 rings (SSSR count). The first-order valence-electron chi connectivity index (χ1n) is 6.44. The number of rotatable bonds is 10. The Morgan fingerprint density at radius 1 is 1.22 bits per heavy atom. The van der Waals surface area contributed by atoms with Gasteiger partial charge in [-0.2, -0.15) is 0 Å². The number of likely N-dealkylation sites (N-methyl/N-ethyl adjacent to an activating group) is 1. The first kappa shape index (κ1) is 16.7. The Labute approximate surface area is 108 Å². The molecule has 2 N–H and O–H groups in total. The average Bonchev–Trinajstić information content (AvgIpc) is 2.34. The molecule has 0 aromatic carbocycles. The quantitative estimate of drug-likeness (QED) is 0.580. The van der Waals surface area contributed by atoms with E-state index in [1.165, 1.54) is 4.90 Å². The van der Waals surface area contributed by atoms with Gasteiger partial charge in [0.15, 0.2) is 0 Å². The van der Waals surface area contributed by atoms with Crippen LogP contribution in [0.3, 0.4) is 0 Å². The van der Waals surface area contributed by atoms with E-state index in [1.807, 2.05) is 0 Å². The first-order chi connectivity index (χ1) is 8.61. The van der Waals surface area contributed by atoms with E-state index in [0.717, 1.165) is 25.9 Å². The lowest BCUT2D eigenvalue weighted by Crippen LogP contribution is -2.43. The van der Waals surface area contributed by atoms with Crippen LogP contribution in [0.2, 0.25) is 0 Å². The molecule has 2 amide bonds. The van der Waals surface area contributed by atoms with Crippen LogP contribution < -0.4 is 5.32 Å². The van der Waals surface area contributed by atoms with Gasteiger partial charge in [-0.15, -0.1) is 0 Å². The number of unbranched alkanes of at least 4 members (excludes halogenated alkanes) is 1. The molecular formula is C12H24N2O4. The number of carbonyl (C=O) groups excluding carboxylic acids is 1. The minimum Gasteiger partial charge on any atom is -0.480 e. The highest BCUT2D eigenvalue weighted by Crippen LogP contribution is 1.91. The first-order valence-corrected chi connectivity index (χ1v) is 6.44. The van der Waals surface area contributed by atoms with Gasteiger partial charge < -0.3 is 20.1 Å². The van der Waals surface area contributed by atoms with E-state index in [-0.39, 0.29) is 12.6 Å². The molecule has 0 unspecified atom stereocenters. The molecule has 6 nitrogen and oxygen atoms in total. The minimum atomic E-state index is -1.00. The Balaban J connectivity index is 3.59. The van der Waals surface area contributed by atoms with E-state index in [0.29, 0.717) is 19.7 Å². The molecule has 0 heterocycles. The maximum atomic E-state index is 11.6. The van der Waals surface area contributed by atoms with E-state index in [4.69, 9.17) is 9.84 Å². The smallest absolute Gasteiger partial charge is 0.323 e. The summed E-state index contributed by atoms with van der Waals surface area (Å²) >= 11 is 0. The fourth-order valence-electron chi connectivity index (χ4n) is 1.32. The van der Waals surface area contributed by atoms with E-state index < -0.39 is 5.97 Å². The monoisotopic (exact) mass is 260 g/mol. The van der Waals surface area contributed by atoms with Crippen LogP contribution in [0.25, 0.3) is 0 Å². The normalized spacial score (nSPS) is 10.1. The summed E-state index contributed by atoms with van der Waals surface area (Å²) < 4.78 is 5.35. The Kier molecular flexibility index (Phi) is 10.0. The van der Waals surface area contributed by atoms with Gasteiger partial charge in [-0.25, -0.2) is 4.79 Å². The summed E-state index contributed by atoms with van der Waals surface area (Å²) in [6, 6.07) is -0.339. The fourth-order valence-corrected chi connectivity index (χ4v) is 1.32. The number of hydrogen-bond acceptors (Lipinski definition) is 3. The zero-order chi connectivity index (χ0) is 13.8. The fraction of sp³-hybridized carbons (Fsp3) is 0.833. The SMILES string of the molecule is CCCCOCCCNC(=O)N(CC)CC(=O)O. The van der Waals surface area contributed by atoms with E-state index >= 15 is 0 Å². The molecule has 0 aromatic heterocycles. The number of nitrogens with zero attached hydrogens (tertiary/aromatic N) is 1. The highest BCUT2D eigenvalue weighted by molar-refractivity contribution is 5.79. The lowest BCUT2D eigenvalue weighted by molar-refractivity contribution is -0.137. The van der Waals surface area contributed by atoms with Gasteiger partial charge in [0.05, 0.1) is 0 Å². The van der Waals surface area contributed by atoms with Gasteiger partial charge in [-0.3, -0.25) is 4.79 Å². The van der Waals surface area contributed by atoms with E-state index in [2.05, 4.69) is 12.2 Å². The summed E-state index contributed by atoms with van der Waals surface area (Å²) in [4.78, 5) is 23.3. The topological polar surface area (TPSA) is 78.9 Å². The molecule has 0 aliphatic rings. The van der Waals surface area contributed by atoms with E-state index in [9.17, 15) is 9.59 Å². The zero-order valence-electron chi connectivity index (χ0n) is 11.3.